The second kappa shape index (κ2) is 5.66. The third-order valence-corrected chi connectivity index (χ3v) is 2.68. The summed E-state index contributed by atoms with van der Waals surface area (Å²) in [7, 11) is 1.73. The van der Waals surface area contributed by atoms with Crippen LogP contribution in [0.15, 0.2) is 17.1 Å². The van der Waals surface area contributed by atoms with E-state index < -0.39 is 0 Å². The highest BCUT2D eigenvalue weighted by Crippen LogP contribution is 2.03. The molecule has 94 valence electrons. The number of nitrogens with one attached hydrogen (secondary N) is 1. The molecule has 0 saturated heterocycles. The Balaban J connectivity index is 2.78. The number of aromatic amines is 1. The second-order valence-corrected chi connectivity index (χ2v) is 4.80. The van der Waals surface area contributed by atoms with Crippen molar-refractivity contribution >= 4 is 5.91 Å². The molecule has 0 fully saturated rings. The molecule has 17 heavy (non-hydrogen) atoms. The minimum absolute atomic E-state index is 0.210. The summed E-state index contributed by atoms with van der Waals surface area (Å²) >= 11 is 0. The van der Waals surface area contributed by atoms with Crippen LogP contribution in [0.3, 0.4) is 0 Å². The molecule has 1 rings (SSSR count). The van der Waals surface area contributed by atoms with Crippen molar-refractivity contribution in [1.29, 1.82) is 0 Å². The molecular weight excluding hydrogens is 216 g/mol. The maximum Gasteiger partial charge on any atom is 0.259 e. The fourth-order valence-corrected chi connectivity index (χ4v) is 1.50. The zero-order valence-corrected chi connectivity index (χ0v) is 10.9. The summed E-state index contributed by atoms with van der Waals surface area (Å²) in [5, 5.41) is 0. The number of nitrogens with zero attached hydrogens (tertiary/aromatic N) is 1. The molecule has 4 nitrogen and oxygen atoms in total. The Morgan fingerprint density at radius 2 is 2.12 bits per heavy atom. The lowest BCUT2D eigenvalue weighted by molar-refractivity contribution is 0.0787. The van der Waals surface area contributed by atoms with Crippen molar-refractivity contribution in [1.82, 2.24) is 9.88 Å². The molecule has 0 bridgehead atoms. The lowest BCUT2D eigenvalue weighted by Crippen LogP contribution is -2.32. The maximum absolute atomic E-state index is 12.0. The Morgan fingerprint density at radius 1 is 1.47 bits per heavy atom. The molecule has 0 aliphatic carbocycles. The third kappa shape index (κ3) is 3.73. The maximum atomic E-state index is 12.0. The van der Waals surface area contributed by atoms with Crippen LogP contribution in [0.25, 0.3) is 0 Å². The predicted molar refractivity (Wildman–Crippen MR) is 68.2 cm³/mol. The minimum Gasteiger partial charge on any atom is -0.364 e. The summed E-state index contributed by atoms with van der Waals surface area (Å²) in [6, 6.07) is 1.45. The van der Waals surface area contributed by atoms with Gasteiger partial charge in [0.15, 0.2) is 5.43 Å². The van der Waals surface area contributed by atoms with Gasteiger partial charge >= 0.3 is 0 Å². The molecule has 0 radical (unpaired) electrons. The van der Waals surface area contributed by atoms with E-state index in [1.165, 1.54) is 12.3 Å². The average Bonchev–Trinajstić information content (AvgIpc) is 2.25. The van der Waals surface area contributed by atoms with Gasteiger partial charge in [0.2, 0.25) is 0 Å². The number of rotatable bonds is 4. The Hall–Kier alpha value is -1.58. The van der Waals surface area contributed by atoms with Crippen LogP contribution in [-0.4, -0.2) is 29.4 Å². The quantitative estimate of drug-likeness (QED) is 0.866. The van der Waals surface area contributed by atoms with E-state index in [0.29, 0.717) is 12.5 Å². The normalized spacial score (nSPS) is 10.6. The summed E-state index contributed by atoms with van der Waals surface area (Å²) in [4.78, 5) is 28.1. The zero-order chi connectivity index (χ0) is 13.0. The molecule has 0 aromatic carbocycles. The lowest BCUT2D eigenvalue weighted by Gasteiger charge is -2.17. The first-order chi connectivity index (χ1) is 7.91. The van der Waals surface area contributed by atoms with Crippen molar-refractivity contribution < 1.29 is 4.79 Å². The molecule has 0 aliphatic rings. The van der Waals surface area contributed by atoms with Gasteiger partial charge in [0.05, 0.1) is 0 Å². The van der Waals surface area contributed by atoms with Crippen molar-refractivity contribution in [2.45, 2.75) is 27.2 Å². The molecular formula is C13H20N2O2. The predicted octanol–water partition coefficient (Wildman–Crippen LogP) is 1.80. The van der Waals surface area contributed by atoms with E-state index in [4.69, 9.17) is 0 Å². The molecule has 1 N–H and O–H groups in total. The van der Waals surface area contributed by atoms with Crippen molar-refractivity contribution in [3.63, 3.8) is 0 Å². The van der Waals surface area contributed by atoms with E-state index in [-0.39, 0.29) is 16.9 Å². The van der Waals surface area contributed by atoms with Gasteiger partial charge in [-0.15, -0.1) is 0 Å². The van der Waals surface area contributed by atoms with Gasteiger partial charge in [-0.3, -0.25) is 9.59 Å². The van der Waals surface area contributed by atoms with Crippen molar-refractivity contribution in [3.05, 3.63) is 33.7 Å². The van der Waals surface area contributed by atoms with Gasteiger partial charge in [0.25, 0.3) is 5.91 Å². The highest BCUT2D eigenvalue weighted by atomic mass is 16.2. The van der Waals surface area contributed by atoms with Gasteiger partial charge in [0, 0.05) is 31.5 Å². The first-order valence-electron chi connectivity index (χ1n) is 5.86. The SMILES string of the molecule is Cc1cc(=O)c(C(=O)N(C)CCC(C)C)c[nH]1. The smallest absolute Gasteiger partial charge is 0.259 e. The monoisotopic (exact) mass is 236 g/mol. The largest absolute Gasteiger partial charge is 0.364 e. The summed E-state index contributed by atoms with van der Waals surface area (Å²) in [6.07, 6.45) is 2.43. The van der Waals surface area contributed by atoms with Crippen LogP contribution in [0.5, 0.6) is 0 Å². The van der Waals surface area contributed by atoms with E-state index in [9.17, 15) is 9.59 Å². The van der Waals surface area contributed by atoms with Gasteiger partial charge in [0.1, 0.15) is 5.56 Å². The molecule has 0 unspecified atom stereocenters. The highest BCUT2D eigenvalue weighted by molar-refractivity contribution is 5.93. The fraction of sp³-hybridized carbons (Fsp3) is 0.538. The molecule has 0 saturated carbocycles. The zero-order valence-electron chi connectivity index (χ0n) is 10.9. The van der Waals surface area contributed by atoms with Crippen LogP contribution in [0.1, 0.15) is 36.3 Å². The van der Waals surface area contributed by atoms with Crippen LogP contribution < -0.4 is 5.43 Å². The third-order valence-electron chi connectivity index (χ3n) is 2.68. The Labute approximate surface area is 102 Å². The van der Waals surface area contributed by atoms with Crippen LogP contribution in [-0.2, 0) is 0 Å². The number of aromatic nitrogens is 1. The summed E-state index contributed by atoms with van der Waals surface area (Å²) in [5.74, 6) is 0.327. The van der Waals surface area contributed by atoms with Gasteiger partial charge in [-0.25, -0.2) is 0 Å². The average molecular weight is 236 g/mol. The molecule has 1 heterocycles. The topological polar surface area (TPSA) is 53.2 Å². The van der Waals surface area contributed by atoms with Crippen LogP contribution in [0.2, 0.25) is 0 Å². The Bertz CT molecular complexity index is 449. The number of pyridine rings is 1. The number of hydrogen-bond acceptors (Lipinski definition) is 2. The Morgan fingerprint density at radius 3 is 2.65 bits per heavy atom. The van der Waals surface area contributed by atoms with Gasteiger partial charge in [-0.2, -0.15) is 0 Å². The molecule has 0 spiro atoms. The highest BCUT2D eigenvalue weighted by Gasteiger charge is 2.15. The van der Waals surface area contributed by atoms with Gasteiger partial charge in [-0.05, 0) is 19.3 Å². The van der Waals surface area contributed by atoms with Crippen LogP contribution >= 0.6 is 0 Å². The number of H-pyrrole nitrogens is 1. The van der Waals surface area contributed by atoms with Crippen molar-refractivity contribution in [3.8, 4) is 0 Å². The van der Waals surface area contributed by atoms with Crippen LogP contribution in [0, 0.1) is 12.8 Å². The summed E-state index contributed by atoms with van der Waals surface area (Å²) < 4.78 is 0. The van der Waals surface area contributed by atoms with E-state index in [0.717, 1.165) is 12.1 Å². The number of hydrogen-bond donors (Lipinski definition) is 1. The molecule has 4 heteroatoms. The fourth-order valence-electron chi connectivity index (χ4n) is 1.50. The number of carbonyl (C=O) groups excluding carboxylic acids is 1. The first kappa shape index (κ1) is 13.5. The lowest BCUT2D eigenvalue weighted by atomic mass is 10.1. The molecule has 1 amide bonds. The molecule has 1 aromatic heterocycles. The van der Waals surface area contributed by atoms with E-state index in [1.54, 1.807) is 18.9 Å². The summed E-state index contributed by atoms with van der Waals surface area (Å²) in [6.45, 7) is 6.68. The number of aryl methyl sites for hydroxylation is 1. The summed E-state index contributed by atoms with van der Waals surface area (Å²) in [5.41, 5.74) is 0.751. The minimum atomic E-state index is -0.220. The molecule has 0 aliphatic heterocycles. The standard InChI is InChI=1S/C13H20N2O2/c1-9(2)5-6-15(4)13(17)11-8-14-10(3)7-12(11)16/h7-9H,5-6H2,1-4H3,(H,14,16). The number of amides is 1. The van der Waals surface area contributed by atoms with Gasteiger partial charge in [-0.1, -0.05) is 13.8 Å². The van der Waals surface area contributed by atoms with E-state index in [2.05, 4.69) is 18.8 Å². The van der Waals surface area contributed by atoms with E-state index in [1.807, 2.05) is 0 Å². The van der Waals surface area contributed by atoms with Crippen molar-refractivity contribution in [2.24, 2.45) is 5.92 Å². The van der Waals surface area contributed by atoms with Crippen LogP contribution in [0.4, 0.5) is 0 Å². The molecule has 1 aromatic rings. The first-order valence-corrected chi connectivity index (χ1v) is 5.86. The second-order valence-electron chi connectivity index (χ2n) is 4.80. The molecule has 0 atom stereocenters. The van der Waals surface area contributed by atoms with Gasteiger partial charge < -0.3 is 9.88 Å². The van der Waals surface area contributed by atoms with Crippen molar-refractivity contribution in [2.75, 3.05) is 13.6 Å². The van der Waals surface area contributed by atoms with E-state index >= 15 is 0 Å². The Kier molecular flexibility index (Phi) is 4.49. The number of carbonyl (C=O) groups is 1.